The maximum Gasteiger partial charge on any atom is 0.254 e. The Morgan fingerprint density at radius 1 is 1.31 bits per heavy atom. The number of pyridine rings is 1. The first kappa shape index (κ1) is 21.4. The number of halogens is 2. The predicted molar refractivity (Wildman–Crippen MR) is 116 cm³/mol. The monoisotopic (exact) mass is 460 g/mol. The number of aryl methyl sites for hydroxylation is 1. The van der Waals surface area contributed by atoms with Gasteiger partial charge >= 0.3 is 0 Å². The number of hydrogen-bond acceptors (Lipinski definition) is 3. The van der Waals surface area contributed by atoms with E-state index in [1.807, 2.05) is 12.1 Å². The number of amides is 1. The molecule has 7 heteroatoms. The van der Waals surface area contributed by atoms with Crippen LogP contribution in [0, 0.1) is 11.7 Å². The fourth-order valence-corrected chi connectivity index (χ4v) is 3.61. The van der Waals surface area contributed by atoms with Gasteiger partial charge in [-0.3, -0.25) is 4.79 Å². The van der Waals surface area contributed by atoms with Crippen LogP contribution in [0.25, 0.3) is 11.2 Å². The first-order valence-corrected chi connectivity index (χ1v) is 10.7. The molecule has 154 valence electrons. The lowest BCUT2D eigenvalue weighted by Gasteiger charge is -2.24. The smallest absolute Gasteiger partial charge is 0.254 e. The van der Waals surface area contributed by atoms with Crippen LogP contribution in [0.1, 0.15) is 49.8 Å². The molecule has 0 atom stereocenters. The number of nitrogens with zero attached hydrogens (tertiary/aromatic N) is 4. The van der Waals surface area contributed by atoms with Crippen molar-refractivity contribution < 1.29 is 9.18 Å². The van der Waals surface area contributed by atoms with Crippen LogP contribution >= 0.6 is 15.9 Å². The standard InChI is InChI=1S/C22H26BrFN4O/c1-4-11-28-20(26-19-6-5-10-25-21(19)28)14-27(12-9-15(2)3)22(29)16-7-8-18(24)17(23)13-16/h5-8,10,13,15H,4,9,11-12,14H2,1-3H3. The Hall–Kier alpha value is -2.28. The third-order valence-corrected chi connectivity index (χ3v) is 5.40. The van der Waals surface area contributed by atoms with Crippen molar-refractivity contribution in [2.24, 2.45) is 5.92 Å². The van der Waals surface area contributed by atoms with Crippen LogP contribution in [0.4, 0.5) is 4.39 Å². The minimum atomic E-state index is -0.383. The maximum atomic E-state index is 13.6. The lowest BCUT2D eigenvalue weighted by atomic mass is 10.1. The van der Waals surface area contributed by atoms with Gasteiger partial charge in [-0.15, -0.1) is 0 Å². The van der Waals surface area contributed by atoms with Gasteiger partial charge in [0.2, 0.25) is 0 Å². The Balaban J connectivity index is 1.95. The molecule has 0 aliphatic carbocycles. The Morgan fingerprint density at radius 2 is 2.10 bits per heavy atom. The quantitative estimate of drug-likeness (QED) is 0.450. The summed E-state index contributed by atoms with van der Waals surface area (Å²) < 4.78 is 16.0. The van der Waals surface area contributed by atoms with Crippen LogP contribution in [0.15, 0.2) is 41.0 Å². The maximum absolute atomic E-state index is 13.6. The second-order valence-corrected chi connectivity index (χ2v) is 8.42. The number of benzene rings is 1. The third-order valence-electron chi connectivity index (χ3n) is 4.79. The van der Waals surface area contributed by atoms with Gasteiger partial charge in [0.05, 0.1) is 11.0 Å². The van der Waals surface area contributed by atoms with E-state index in [0.29, 0.717) is 24.6 Å². The first-order valence-electron chi connectivity index (χ1n) is 9.95. The molecular formula is C22H26BrFN4O. The molecule has 0 N–H and O–H groups in total. The molecule has 0 unspecified atom stereocenters. The summed E-state index contributed by atoms with van der Waals surface area (Å²) in [5, 5.41) is 0. The van der Waals surface area contributed by atoms with Gasteiger partial charge in [-0.1, -0.05) is 20.8 Å². The van der Waals surface area contributed by atoms with Gasteiger partial charge in [0.1, 0.15) is 17.2 Å². The Morgan fingerprint density at radius 3 is 2.79 bits per heavy atom. The lowest BCUT2D eigenvalue weighted by Crippen LogP contribution is -2.33. The summed E-state index contributed by atoms with van der Waals surface area (Å²) in [6.07, 6.45) is 3.58. The predicted octanol–water partition coefficient (Wildman–Crippen LogP) is 5.43. The van der Waals surface area contributed by atoms with Crippen molar-refractivity contribution in [3.63, 3.8) is 0 Å². The molecular weight excluding hydrogens is 435 g/mol. The highest BCUT2D eigenvalue weighted by atomic mass is 79.9. The number of carbonyl (C=O) groups excluding carboxylic acids is 1. The Kier molecular flexibility index (Phi) is 7.00. The zero-order chi connectivity index (χ0) is 21.0. The van der Waals surface area contributed by atoms with Gasteiger partial charge in [-0.2, -0.15) is 0 Å². The molecule has 2 heterocycles. The van der Waals surface area contributed by atoms with E-state index >= 15 is 0 Å². The van der Waals surface area contributed by atoms with Crippen molar-refractivity contribution in [2.75, 3.05) is 6.54 Å². The second kappa shape index (κ2) is 9.48. The summed E-state index contributed by atoms with van der Waals surface area (Å²) >= 11 is 3.18. The molecule has 29 heavy (non-hydrogen) atoms. The van der Waals surface area contributed by atoms with E-state index in [0.717, 1.165) is 36.4 Å². The number of rotatable bonds is 8. The van der Waals surface area contributed by atoms with Crippen molar-refractivity contribution in [1.82, 2.24) is 19.4 Å². The Bertz CT molecular complexity index is 1000. The molecule has 1 amide bonds. The normalized spacial score (nSPS) is 11.4. The topological polar surface area (TPSA) is 51.0 Å². The van der Waals surface area contributed by atoms with E-state index in [1.54, 1.807) is 11.1 Å². The van der Waals surface area contributed by atoms with Crippen molar-refractivity contribution in [3.05, 3.63) is 58.2 Å². The minimum absolute atomic E-state index is 0.130. The highest BCUT2D eigenvalue weighted by molar-refractivity contribution is 9.10. The fourth-order valence-electron chi connectivity index (χ4n) is 3.23. The SMILES string of the molecule is CCCn1c(CN(CCC(C)C)C(=O)c2ccc(F)c(Br)c2)nc2cccnc21. The van der Waals surface area contributed by atoms with E-state index in [1.165, 1.54) is 18.2 Å². The summed E-state index contributed by atoms with van der Waals surface area (Å²) in [5.74, 6) is 0.765. The summed E-state index contributed by atoms with van der Waals surface area (Å²) in [6, 6.07) is 8.19. The van der Waals surface area contributed by atoms with Gasteiger partial charge in [0.15, 0.2) is 5.65 Å². The van der Waals surface area contributed by atoms with Crippen molar-refractivity contribution in [3.8, 4) is 0 Å². The molecule has 0 radical (unpaired) electrons. The number of aromatic nitrogens is 3. The Labute approximate surface area is 179 Å². The van der Waals surface area contributed by atoms with Crippen molar-refractivity contribution in [2.45, 2.75) is 46.7 Å². The van der Waals surface area contributed by atoms with E-state index in [2.05, 4.69) is 46.3 Å². The molecule has 3 rings (SSSR count). The van der Waals surface area contributed by atoms with Crippen LogP contribution < -0.4 is 0 Å². The van der Waals surface area contributed by atoms with Crippen molar-refractivity contribution >= 4 is 33.0 Å². The zero-order valence-electron chi connectivity index (χ0n) is 17.0. The largest absolute Gasteiger partial charge is 0.331 e. The van der Waals surface area contributed by atoms with Gasteiger partial charge in [-0.25, -0.2) is 14.4 Å². The molecule has 0 saturated heterocycles. The number of hydrogen-bond donors (Lipinski definition) is 0. The molecule has 0 saturated carbocycles. The molecule has 5 nitrogen and oxygen atoms in total. The molecule has 3 aromatic rings. The molecule has 1 aromatic carbocycles. The van der Waals surface area contributed by atoms with Crippen LogP contribution in [-0.2, 0) is 13.1 Å². The molecule has 2 aromatic heterocycles. The highest BCUT2D eigenvalue weighted by Gasteiger charge is 2.21. The van der Waals surface area contributed by atoms with Crippen LogP contribution in [0.2, 0.25) is 0 Å². The number of carbonyl (C=O) groups is 1. The van der Waals surface area contributed by atoms with Crippen molar-refractivity contribution in [1.29, 1.82) is 0 Å². The molecule has 0 spiro atoms. The average molecular weight is 461 g/mol. The van der Waals surface area contributed by atoms with Crippen LogP contribution in [0.3, 0.4) is 0 Å². The molecule has 0 aliphatic heterocycles. The van der Waals surface area contributed by atoms with Gasteiger partial charge in [-0.05, 0) is 65.0 Å². The van der Waals surface area contributed by atoms with E-state index < -0.39 is 0 Å². The zero-order valence-corrected chi connectivity index (χ0v) is 18.6. The van der Waals surface area contributed by atoms with Gasteiger partial charge < -0.3 is 9.47 Å². The van der Waals surface area contributed by atoms with E-state index in [-0.39, 0.29) is 16.2 Å². The third kappa shape index (κ3) is 5.01. The average Bonchev–Trinajstić information content (AvgIpc) is 3.04. The van der Waals surface area contributed by atoms with Gasteiger partial charge in [0, 0.05) is 24.8 Å². The molecule has 0 bridgehead atoms. The minimum Gasteiger partial charge on any atom is -0.331 e. The van der Waals surface area contributed by atoms with E-state index in [9.17, 15) is 9.18 Å². The highest BCUT2D eigenvalue weighted by Crippen LogP contribution is 2.21. The fraction of sp³-hybridized carbons (Fsp3) is 0.409. The summed E-state index contributed by atoms with van der Waals surface area (Å²) in [4.78, 5) is 24.3. The summed E-state index contributed by atoms with van der Waals surface area (Å²) in [7, 11) is 0. The van der Waals surface area contributed by atoms with E-state index in [4.69, 9.17) is 4.98 Å². The lowest BCUT2D eigenvalue weighted by molar-refractivity contribution is 0.0729. The molecule has 0 fully saturated rings. The second-order valence-electron chi connectivity index (χ2n) is 7.56. The first-order chi connectivity index (χ1) is 13.9. The van der Waals surface area contributed by atoms with Crippen LogP contribution in [-0.4, -0.2) is 31.9 Å². The number of fused-ring (bicyclic) bond motifs is 1. The number of imidazole rings is 1. The van der Waals surface area contributed by atoms with Gasteiger partial charge in [0.25, 0.3) is 5.91 Å². The molecule has 0 aliphatic rings. The summed E-state index contributed by atoms with van der Waals surface area (Å²) in [5.41, 5.74) is 2.13. The van der Waals surface area contributed by atoms with Crippen LogP contribution in [0.5, 0.6) is 0 Å². The summed E-state index contributed by atoms with van der Waals surface area (Å²) in [6.45, 7) is 8.15.